The van der Waals surface area contributed by atoms with E-state index in [1.54, 1.807) is 0 Å². The molecule has 0 saturated carbocycles. The van der Waals surface area contributed by atoms with Gasteiger partial charge in [0.05, 0.1) is 17.9 Å². The molecule has 0 radical (unpaired) electrons. The predicted octanol–water partition coefficient (Wildman–Crippen LogP) is 1.21. The molecule has 3 fully saturated rings. The van der Waals surface area contributed by atoms with Crippen molar-refractivity contribution in [1.29, 1.82) is 0 Å². The quantitative estimate of drug-likeness (QED) is 0.590. The van der Waals surface area contributed by atoms with Crippen molar-refractivity contribution >= 4 is 5.82 Å². The second-order valence-corrected chi connectivity index (χ2v) is 9.28. The van der Waals surface area contributed by atoms with E-state index in [2.05, 4.69) is 74.4 Å². The lowest BCUT2D eigenvalue weighted by atomic mass is 9.82. The van der Waals surface area contributed by atoms with Crippen molar-refractivity contribution in [3.63, 3.8) is 0 Å². The van der Waals surface area contributed by atoms with Gasteiger partial charge in [-0.05, 0) is 24.5 Å². The minimum Gasteiger partial charge on any atom is -0.354 e. The van der Waals surface area contributed by atoms with Gasteiger partial charge in [-0.1, -0.05) is 19.9 Å². The van der Waals surface area contributed by atoms with E-state index < -0.39 is 0 Å². The third kappa shape index (κ3) is 4.09. The maximum absolute atomic E-state index is 5.06. The molecule has 4 unspecified atom stereocenters. The van der Waals surface area contributed by atoms with Crippen LogP contribution >= 0.6 is 0 Å². The van der Waals surface area contributed by atoms with E-state index in [1.807, 2.05) is 6.20 Å². The van der Waals surface area contributed by atoms with Gasteiger partial charge in [-0.15, -0.1) is 0 Å². The zero-order valence-electron chi connectivity index (χ0n) is 18.0. The van der Waals surface area contributed by atoms with Crippen LogP contribution in [0.2, 0.25) is 0 Å². The molecular formula is C22H34N8. The average molecular weight is 411 g/mol. The molecule has 5 heterocycles. The summed E-state index contributed by atoms with van der Waals surface area (Å²) in [5.41, 5.74) is 9.49. The molecular weight excluding hydrogens is 376 g/mol. The Bertz CT molecular complexity index is 843. The van der Waals surface area contributed by atoms with Crippen LogP contribution in [-0.4, -0.2) is 53.5 Å². The van der Waals surface area contributed by atoms with Crippen molar-refractivity contribution in [1.82, 2.24) is 36.2 Å². The fraction of sp³-hybridized carbons (Fsp3) is 0.636. The van der Waals surface area contributed by atoms with Crippen LogP contribution in [0.25, 0.3) is 0 Å². The van der Waals surface area contributed by atoms with Crippen LogP contribution in [0.1, 0.15) is 43.6 Å². The van der Waals surface area contributed by atoms with Gasteiger partial charge >= 0.3 is 0 Å². The smallest absolute Gasteiger partial charge is 0.128 e. The fourth-order valence-corrected chi connectivity index (χ4v) is 5.03. The molecule has 162 valence electrons. The van der Waals surface area contributed by atoms with E-state index in [9.17, 15) is 0 Å². The number of aromatic nitrogens is 3. The highest BCUT2D eigenvalue weighted by molar-refractivity contribution is 5.40. The van der Waals surface area contributed by atoms with Crippen LogP contribution < -0.4 is 26.4 Å². The number of nitrogens with zero attached hydrogens (tertiary/aromatic N) is 4. The summed E-state index contributed by atoms with van der Waals surface area (Å²) >= 11 is 0. The first-order chi connectivity index (χ1) is 14.7. The molecule has 0 aliphatic carbocycles. The van der Waals surface area contributed by atoms with E-state index in [4.69, 9.17) is 4.98 Å². The zero-order chi connectivity index (χ0) is 20.5. The molecule has 30 heavy (non-hydrogen) atoms. The van der Waals surface area contributed by atoms with E-state index in [-0.39, 0.29) is 6.04 Å². The summed E-state index contributed by atoms with van der Waals surface area (Å²) in [7, 11) is 0. The molecule has 3 aliphatic heterocycles. The summed E-state index contributed by atoms with van der Waals surface area (Å²) in [4.78, 5) is 7.45. The lowest BCUT2D eigenvalue weighted by Gasteiger charge is -2.34. The molecule has 4 atom stereocenters. The van der Waals surface area contributed by atoms with Gasteiger partial charge in [0.1, 0.15) is 5.82 Å². The normalized spacial score (nSPS) is 29.4. The van der Waals surface area contributed by atoms with Gasteiger partial charge in [-0.2, -0.15) is 5.10 Å². The van der Waals surface area contributed by atoms with Crippen molar-refractivity contribution in [2.75, 3.05) is 37.6 Å². The second-order valence-electron chi connectivity index (χ2n) is 9.28. The molecule has 3 aliphatic rings. The van der Waals surface area contributed by atoms with Gasteiger partial charge in [-0.25, -0.2) is 10.4 Å². The van der Waals surface area contributed by atoms with Gasteiger partial charge < -0.3 is 15.5 Å². The molecule has 5 rings (SSSR count). The van der Waals surface area contributed by atoms with Gasteiger partial charge in [0.2, 0.25) is 0 Å². The lowest BCUT2D eigenvalue weighted by molar-refractivity contribution is 0.265. The van der Waals surface area contributed by atoms with Crippen LogP contribution in [0.5, 0.6) is 0 Å². The number of hydrogen-bond donors (Lipinski definition) is 4. The van der Waals surface area contributed by atoms with Gasteiger partial charge in [0.15, 0.2) is 0 Å². The molecule has 3 saturated heterocycles. The number of hydrogen-bond acceptors (Lipinski definition) is 7. The van der Waals surface area contributed by atoms with Gasteiger partial charge in [0.25, 0.3) is 0 Å². The maximum atomic E-state index is 5.06. The SMILES string of the molecule is CC(C)Cn1cc(C2CC3C(CN2)NNC3c2cccc(N3CCNCC3)n2)cn1. The minimum absolute atomic E-state index is 0.230. The van der Waals surface area contributed by atoms with Crippen molar-refractivity contribution in [3.05, 3.63) is 41.9 Å². The molecule has 8 nitrogen and oxygen atoms in total. The third-order valence-corrected chi connectivity index (χ3v) is 6.58. The summed E-state index contributed by atoms with van der Waals surface area (Å²) in [5.74, 6) is 2.19. The monoisotopic (exact) mass is 410 g/mol. The van der Waals surface area contributed by atoms with E-state index in [0.29, 0.717) is 23.9 Å². The second kappa shape index (κ2) is 8.63. The Kier molecular flexibility index (Phi) is 5.73. The Labute approximate surface area is 178 Å². The summed E-state index contributed by atoms with van der Waals surface area (Å²) < 4.78 is 2.08. The molecule has 4 N–H and O–H groups in total. The summed E-state index contributed by atoms with van der Waals surface area (Å²) in [6.45, 7) is 10.5. The number of rotatable bonds is 5. The van der Waals surface area contributed by atoms with Gasteiger partial charge in [-0.3, -0.25) is 10.1 Å². The summed E-state index contributed by atoms with van der Waals surface area (Å²) in [6.07, 6.45) is 5.32. The Hall–Kier alpha value is -2.00. The first-order valence-electron chi connectivity index (χ1n) is 11.4. The van der Waals surface area contributed by atoms with Crippen molar-refractivity contribution < 1.29 is 0 Å². The van der Waals surface area contributed by atoms with Crippen LogP contribution in [0.15, 0.2) is 30.6 Å². The number of anilines is 1. The number of fused-ring (bicyclic) bond motifs is 1. The number of hydrazine groups is 1. The van der Waals surface area contributed by atoms with Crippen LogP contribution in [0, 0.1) is 11.8 Å². The number of pyridine rings is 1. The first kappa shape index (κ1) is 19.9. The minimum atomic E-state index is 0.230. The molecule has 2 aromatic heterocycles. The zero-order valence-corrected chi connectivity index (χ0v) is 18.0. The highest BCUT2D eigenvalue weighted by atomic mass is 15.4. The van der Waals surface area contributed by atoms with E-state index in [0.717, 1.165) is 57.2 Å². The lowest BCUT2D eigenvalue weighted by Crippen LogP contribution is -2.46. The topological polar surface area (TPSA) is 82.1 Å². The molecule has 8 heteroatoms. The van der Waals surface area contributed by atoms with Crippen molar-refractivity contribution in [2.45, 2.75) is 44.9 Å². The highest BCUT2D eigenvalue weighted by Crippen LogP contribution is 2.38. The van der Waals surface area contributed by atoms with E-state index in [1.165, 1.54) is 5.56 Å². The fourth-order valence-electron chi connectivity index (χ4n) is 5.03. The summed E-state index contributed by atoms with van der Waals surface area (Å²) in [6, 6.07) is 7.46. The maximum Gasteiger partial charge on any atom is 0.128 e. The Balaban J connectivity index is 1.31. The molecule has 0 amide bonds. The number of nitrogens with one attached hydrogen (secondary N) is 4. The Morgan fingerprint density at radius 2 is 2.03 bits per heavy atom. The standard InChI is InChI=1S/C22H34N8/c1-15(2)13-30-14-16(11-25-30)19-10-17-20(12-24-19)27-28-22(17)18-4-3-5-21(26-18)29-8-6-23-7-9-29/h3-5,11,14-15,17,19-20,22-24,27-28H,6-10,12-13H2,1-2H3. The predicted molar refractivity (Wildman–Crippen MR) is 118 cm³/mol. The molecule has 2 aromatic rings. The third-order valence-electron chi connectivity index (χ3n) is 6.58. The van der Waals surface area contributed by atoms with Crippen molar-refractivity contribution in [2.24, 2.45) is 11.8 Å². The van der Waals surface area contributed by atoms with Crippen LogP contribution in [0.4, 0.5) is 5.82 Å². The van der Waals surface area contributed by atoms with Crippen LogP contribution in [0.3, 0.4) is 0 Å². The Morgan fingerprint density at radius 3 is 2.87 bits per heavy atom. The molecule has 0 aromatic carbocycles. The number of piperidine rings is 1. The number of piperazine rings is 1. The molecule has 0 bridgehead atoms. The Morgan fingerprint density at radius 1 is 1.17 bits per heavy atom. The molecule has 0 spiro atoms. The average Bonchev–Trinajstić information content (AvgIpc) is 3.40. The largest absolute Gasteiger partial charge is 0.354 e. The highest BCUT2D eigenvalue weighted by Gasteiger charge is 2.42. The van der Waals surface area contributed by atoms with Crippen LogP contribution in [-0.2, 0) is 6.54 Å². The van der Waals surface area contributed by atoms with Gasteiger partial charge in [0, 0.05) is 69.0 Å². The van der Waals surface area contributed by atoms with E-state index >= 15 is 0 Å². The summed E-state index contributed by atoms with van der Waals surface area (Å²) in [5, 5.41) is 11.7. The van der Waals surface area contributed by atoms with Crippen molar-refractivity contribution in [3.8, 4) is 0 Å². The first-order valence-corrected chi connectivity index (χ1v) is 11.4.